The van der Waals surface area contributed by atoms with Crippen molar-refractivity contribution in [2.75, 3.05) is 0 Å². The van der Waals surface area contributed by atoms with E-state index in [0.29, 0.717) is 0 Å². The SMILES string of the molecule is Cc1cc(C)n(CC2CC(c3c(C)cccc3C)=NO2)n1. The van der Waals surface area contributed by atoms with Gasteiger partial charge in [0.1, 0.15) is 0 Å². The van der Waals surface area contributed by atoms with Gasteiger partial charge in [-0.05, 0) is 44.9 Å². The van der Waals surface area contributed by atoms with Crippen molar-refractivity contribution in [2.45, 2.75) is 46.8 Å². The molecule has 0 bridgehead atoms. The minimum Gasteiger partial charge on any atom is -0.390 e. The highest BCUT2D eigenvalue weighted by atomic mass is 16.6. The molecule has 1 aliphatic rings. The van der Waals surface area contributed by atoms with Gasteiger partial charge in [0.15, 0.2) is 6.10 Å². The first-order valence-electron chi connectivity index (χ1n) is 7.35. The van der Waals surface area contributed by atoms with E-state index in [1.54, 1.807) is 0 Å². The second-order valence-corrected chi connectivity index (χ2v) is 5.85. The Hall–Kier alpha value is -2.10. The molecule has 0 fully saturated rings. The van der Waals surface area contributed by atoms with Crippen LogP contribution in [0, 0.1) is 27.7 Å². The number of hydrogen-bond donors (Lipinski definition) is 0. The van der Waals surface area contributed by atoms with Crippen molar-refractivity contribution in [2.24, 2.45) is 5.16 Å². The van der Waals surface area contributed by atoms with Crippen LogP contribution in [0.15, 0.2) is 29.4 Å². The van der Waals surface area contributed by atoms with Crippen molar-refractivity contribution in [1.29, 1.82) is 0 Å². The maximum atomic E-state index is 5.63. The van der Waals surface area contributed by atoms with Gasteiger partial charge in [0.25, 0.3) is 0 Å². The summed E-state index contributed by atoms with van der Waals surface area (Å²) in [6, 6.07) is 8.42. The van der Waals surface area contributed by atoms with Crippen LogP contribution in [0.3, 0.4) is 0 Å². The van der Waals surface area contributed by atoms with Crippen molar-refractivity contribution in [1.82, 2.24) is 9.78 Å². The van der Waals surface area contributed by atoms with Gasteiger partial charge < -0.3 is 4.84 Å². The molecule has 2 heterocycles. The van der Waals surface area contributed by atoms with E-state index < -0.39 is 0 Å². The molecule has 0 spiro atoms. The van der Waals surface area contributed by atoms with Crippen molar-refractivity contribution in [3.63, 3.8) is 0 Å². The fraction of sp³-hybridized carbons (Fsp3) is 0.412. The minimum atomic E-state index is 0.0667. The second kappa shape index (κ2) is 5.35. The van der Waals surface area contributed by atoms with Crippen LogP contribution in [-0.4, -0.2) is 21.6 Å². The molecule has 0 radical (unpaired) electrons. The third kappa shape index (κ3) is 2.71. The van der Waals surface area contributed by atoms with Gasteiger partial charge in [0.2, 0.25) is 0 Å². The number of hydrogen-bond acceptors (Lipinski definition) is 3. The molecule has 21 heavy (non-hydrogen) atoms. The first kappa shape index (κ1) is 13.9. The number of benzene rings is 1. The molecule has 0 saturated heterocycles. The molecular weight excluding hydrogens is 262 g/mol. The van der Waals surface area contributed by atoms with Crippen LogP contribution < -0.4 is 0 Å². The molecule has 3 rings (SSSR count). The van der Waals surface area contributed by atoms with Gasteiger partial charge >= 0.3 is 0 Å². The lowest BCUT2D eigenvalue weighted by Crippen LogP contribution is -2.19. The summed E-state index contributed by atoms with van der Waals surface area (Å²) in [4.78, 5) is 5.63. The van der Waals surface area contributed by atoms with Gasteiger partial charge in [-0.15, -0.1) is 0 Å². The summed E-state index contributed by atoms with van der Waals surface area (Å²) in [5.41, 5.74) is 7.00. The lowest BCUT2D eigenvalue weighted by molar-refractivity contribution is 0.0692. The number of aromatic nitrogens is 2. The van der Waals surface area contributed by atoms with E-state index in [2.05, 4.69) is 55.3 Å². The van der Waals surface area contributed by atoms with Crippen LogP contribution in [0.1, 0.15) is 34.5 Å². The lowest BCUT2D eigenvalue weighted by Gasteiger charge is -2.11. The number of nitrogens with zero attached hydrogens (tertiary/aromatic N) is 3. The van der Waals surface area contributed by atoms with Crippen LogP contribution in [-0.2, 0) is 11.4 Å². The van der Waals surface area contributed by atoms with Gasteiger partial charge in [-0.2, -0.15) is 5.10 Å². The molecule has 0 N–H and O–H groups in total. The zero-order chi connectivity index (χ0) is 15.0. The van der Waals surface area contributed by atoms with E-state index in [1.807, 2.05) is 11.6 Å². The van der Waals surface area contributed by atoms with Gasteiger partial charge in [0.05, 0.1) is 18.0 Å². The highest BCUT2D eigenvalue weighted by Gasteiger charge is 2.25. The Morgan fingerprint density at radius 1 is 1.19 bits per heavy atom. The Morgan fingerprint density at radius 3 is 2.52 bits per heavy atom. The zero-order valence-electron chi connectivity index (χ0n) is 13.1. The highest BCUT2D eigenvalue weighted by molar-refractivity contribution is 6.03. The van der Waals surface area contributed by atoms with E-state index in [-0.39, 0.29) is 6.10 Å². The lowest BCUT2D eigenvalue weighted by atomic mass is 9.96. The van der Waals surface area contributed by atoms with Crippen molar-refractivity contribution in [3.05, 3.63) is 52.3 Å². The summed E-state index contributed by atoms with van der Waals surface area (Å²) in [6.45, 7) is 9.08. The molecule has 0 amide bonds. The summed E-state index contributed by atoms with van der Waals surface area (Å²) in [7, 11) is 0. The number of rotatable bonds is 3. The predicted octanol–water partition coefficient (Wildman–Crippen LogP) is 3.31. The van der Waals surface area contributed by atoms with Gasteiger partial charge in [0, 0.05) is 17.7 Å². The number of aryl methyl sites for hydroxylation is 4. The van der Waals surface area contributed by atoms with Gasteiger partial charge in [-0.1, -0.05) is 23.4 Å². The number of oxime groups is 1. The first-order chi connectivity index (χ1) is 10.0. The largest absolute Gasteiger partial charge is 0.390 e. The molecular formula is C17H21N3O. The molecule has 1 aromatic carbocycles. The van der Waals surface area contributed by atoms with Crippen LogP contribution in [0.25, 0.3) is 0 Å². The molecule has 0 aliphatic carbocycles. The molecule has 2 aromatic rings. The summed E-state index contributed by atoms with van der Waals surface area (Å²) >= 11 is 0. The molecule has 4 heteroatoms. The average molecular weight is 283 g/mol. The molecule has 4 nitrogen and oxygen atoms in total. The molecule has 1 unspecified atom stereocenters. The summed E-state index contributed by atoms with van der Waals surface area (Å²) in [6.07, 6.45) is 0.904. The smallest absolute Gasteiger partial charge is 0.152 e. The van der Waals surface area contributed by atoms with Gasteiger partial charge in [-0.3, -0.25) is 4.68 Å². The van der Waals surface area contributed by atoms with Crippen LogP contribution in [0.4, 0.5) is 0 Å². The Bertz CT molecular complexity index is 680. The van der Waals surface area contributed by atoms with E-state index >= 15 is 0 Å². The highest BCUT2D eigenvalue weighted by Crippen LogP contribution is 2.23. The van der Waals surface area contributed by atoms with E-state index in [4.69, 9.17) is 4.84 Å². The fourth-order valence-electron chi connectivity index (χ4n) is 3.00. The monoisotopic (exact) mass is 283 g/mol. The molecule has 110 valence electrons. The fourth-order valence-corrected chi connectivity index (χ4v) is 3.00. The van der Waals surface area contributed by atoms with E-state index in [1.165, 1.54) is 16.7 Å². The minimum absolute atomic E-state index is 0.0667. The third-order valence-electron chi connectivity index (χ3n) is 3.98. The second-order valence-electron chi connectivity index (χ2n) is 5.85. The zero-order valence-corrected chi connectivity index (χ0v) is 13.1. The molecule has 1 aliphatic heterocycles. The van der Waals surface area contributed by atoms with Crippen LogP contribution >= 0.6 is 0 Å². The summed E-state index contributed by atoms with van der Waals surface area (Å²) in [5, 5.41) is 8.81. The maximum Gasteiger partial charge on any atom is 0.152 e. The molecule has 1 atom stereocenters. The van der Waals surface area contributed by atoms with Crippen molar-refractivity contribution < 1.29 is 4.84 Å². The maximum absolute atomic E-state index is 5.63. The standard InChI is InChI=1S/C17H21N3O/c1-11-6-5-7-12(2)17(11)16-9-15(21-19-16)10-20-14(4)8-13(3)18-20/h5-8,15H,9-10H2,1-4H3. The van der Waals surface area contributed by atoms with Gasteiger partial charge in [-0.25, -0.2) is 0 Å². The third-order valence-corrected chi connectivity index (χ3v) is 3.98. The van der Waals surface area contributed by atoms with Crippen LogP contribution in [0.2, 0.25) is 0 Å². The Morgan fingerprint density at radius 2 is 1.90 bits per heavy atom. The Balaban J connectivity index is 1.75. The van der Waals surface area contributed by atoms with Crippen molar-refractivity contribution in [3.8, 4) is 0 Å². The topological polar surface area (TPSA) is 39.4 Å². The Labute approximate surface area is 125 Å². The quantitative estimate of drug-likeness (QED) is 0.867. The van der Waals surface area contributed by atoms with E-state index in [9.17, 15) is 0 Å². The Kier molecular flexibility index (Phi) is 3.53. The van der Waals surface area contributed by atoms with Crippen LogP contribution in [0.5, 0.6) is 0 Å². The first-order valence-corrected chi connectivity index (χ1v) is 7.35. The molecule has 1 aromatic heterocycles. The summed E-state index contributed by atoms with van der Waals surface area (Å²) in [5.74, 6) is 0. The van der Waals surface area contributed by atoms with Crippen molar-refractivity contribution >= 4 is 5.71 Å². The average Bonchev–Trinajstić information content (AvgIpc) is 2.97. The van der Waals surface area contributed by atoms with E-state index in [0.717, 1.165) is 30.1 Å². The normalized spacial score (nSPS) is 17.7. The summed E-state index contributed by atoms with van der Waals surface area (Å²) < 4.78 is 2.00. The predicted molar refractivity (Wildman–Crippen MR) is 83.6 cm³/mol. The molecule has 0 saturated carbocycles.